The van der Waals surface area contributed by atoms with E-state index in [0.717, 1.165) is 18.7 Å². The van der Waals surface area contributed by atoms with Gasteiger partial charge in [0.05, 0.1) is 10.7 Å². The minimum absolute atomic E-state index is 0.120. The van der Waals surface area contributed by atoms with Gasteiger partial charge in [0.15, 0.2) is 5.82 Å². The summed E-state index contributed by atoms with van der Waals surface area (Å²) in [6.07, 6.45) is 3.80. The van der Waals surface area contributed by atoms with Gasteiger partial charge in [-0.1, -0.05) is 16.8 Å². The zero-order chi connectivity index (χ0) is 17.8. The van der Waals surface area contributed by atoms with E-state index < -0.39 is 0 Å². The van der Waals surface area contributed by atoms with Crippen LogP contribution < -0.4 is 10.6 Å². The zero-order valence-corrected chi connectivity index (χ0v) is 14.6. The van der Waals surface area contributed by atoms with Crippen LogP contribution in [0.5, 0.6) is 0 Å². The van der Waals surface area contributed by atoms with E-state index in [1.165, 1.54) is 6.92 Å². The fourth-order valence-electron chi connectivity index (χ4n) is 2.38. The quantitative estimate of drug-likeness (QED) is 0.785. The number of amides is 2. The highest BCUT2D eigenvalue weighted by atomic mass is 35.5. The molecule has 1 aromatic carbocycles. The van der Waals surface area contributed by atoms with Crippen molar-refractivity contribution in [3.05, 3.63) is 34.9 Å². The van der Waals surface area contributed by atoms with E-state index in [1.807, 2.05) is 0 Å². The Morgan fingerprint density at radius 2 is 2.12 bits per heavy atom. The molecule has 0 spiro atoms. The molecule has 1 aliphatic carbocycles. The number of aryl methyl sites for hydroxylation is 1. The molecule has 1 fully saturated rings. The van der Waals surface area contributed by atoms with Crippen molar-refractivity contribution in [3.8, 4) is 0 Å². The Morgan fingerprint density at radius 1 is 1.32 bits per heavy atom. The molecule has 132 valence electrons. The van der Waals surface area contributed by atoms with Crippen molar-refractivity contribution in [2.75, 3.05) is 10.6 Å². The Hall–Kier alpha value is -2.41. The molecule has 8 heteroatoms. The molecule has 0 unspecified atom stereocenters. The number of carbonyl (C=O) groups excluding carboxylic acids is 2. The topological polar surface area (TPSA) is 97.1 Å². The molecule has 1 aromatic heterocycles. The minimum atomic E-state index is -0.204. The average Bonchev–Trinajstić information content (AvgIpc) is 3.29. The number of aromatic nitrogens is 2. The van der Waals surface area contributed by atoms with Gasteiger partial charge >= 0.3 is 0 Å². The standard InChI is InChI=1S/C17H19ClN4O3/c1-10(23)19-14-8-7-12(9-13(14)18)20-15(24)3-2-4-16-21-17(22-25-16)11-5-6-11/h7-9,11H,2-6H2,1H3,(H,19,23)(H,20,24). The van der Waals surface area contributed by atoms with Gasteiger partial charge in [0.2, 0.25) is 17.7 Å². The molecule has 1 heterocycles. The molecule has 1 saturated carbocycles. The number of carbonyl (C=O) groups is 2. The molecule has 2 amide bonds. The van der Waals surface area contributed by atoms with Crippen LogP contribution >= 0.6 is 11.6 Å². The number of nitrogens with zero attached hydrogens (tertiary/aromatic N) is 2. The molecular weight excluding hydrogens is 344 g/mol. The summed E-state index contributed by atoms with van der Waals surface area (Å²) in [4.78, 5) is 27.4. The van der Waals surface area contributed by atoms with Gasteiger partial charge < -0.3 is 15.2 Å². The van der Waals surface area contributed by atoms with Crippen molar-refractivity contribution in [1.82, 2.24) is 10.1 Å². The largest absolute Gasteiger partial charge is 0.339 e. The van der Waals surface area contributed by atoms with Gasteiger partial charge in [-0.15, -0.1) is 0 Å². The number of benzene rings is 1. The van der Waals surface area contributed by atoms with Gasteiger partial charge in [0, 0.05) is 31.4 Å². The monoisotopic (exact) mass is 362 g/mol. The first kappa shape index (κ1) is 17.4. The highest BCUT2D eigenvalue weighted by Crippen LogP contribution is 2.38. The van der Waals surface area contributed by atoms with E-state index in [0.29, 0.717) is 47.5 Å². The first-order valence-electron chi connectivity index (χ1n) is 8.21. The summed E-state index contributed by atoms with van der Waals surface area (Å²) in [5, 5.41) is 9.71. The predicted octanol–water partition coefficient (Wildman–Crippen LogP) is 3.52. The number of rotatable bonds is 7. The number of nitrogens with one attached hydrogen (secondary N) is 2. The lowest BCUT2D eigenvalue weighted by atomic mass is 10.2. The van der Waals surface area contributed by atoms with Crippen LogP contribution in [0.3, 0.4) is 0 Å². The number of hydrogen-bond donors (Lipinski definition) is 2. The van der Waals surface area contributed by atoms with Crippen molar-refractivity contribution in [2.24, 2.45) is 0 Å². The van der Waals surface area contributed by atoms with Crippen molar-refractivity contribution in [2.45, 2.75) is 44.9 Å². The molecule has 0 saturated heterocycles. The van der Waals surface area contributed by atoms with E-state index in [4.69, 9.17) is 16.1 Å². The van der Waals surface area contributed by atoms with Crippen LogP contribution in [0.2, 0.25) is 5.02 Å². The summed E-state index contributed by atoms with van der Waals surface area (Å²) in [7, 11) is 0. The average molecular weight is 363 g/mol. The van der Waals surface area contributed by atoms with E-state index in [1.54, 1.807) is 18.2 Å². The van der Waals surface area contributed by atoms with Gasteiger partial charge in [0.1, 0.15) is 0 Å². The second kappa shape index (κ2) is 7.65. The molecule has 7 nitrogen and oxygen atoms in total. The van der Waals surface area contributed by atoms with Gasteiger partial charge in [-0.25, -0.2) is 0 Å². The smallest absolute Gasteiger partial charge is 0.226 e. The van der Waals surface area contributed by atoms with Crippen LogP contribution in [0.4, 0.5) is 11.4 Å². The predicted molar refractivity (Wildman–Crippen MR) is 93.6 cm³/mol. The Morgan fingerprint density at radius 3 is 2.80 bits per heavy atom. The number of anilines is 2. The molecule has 0 radical (unpaired) electrons. The Kier molecular flexibility index (Phi) is 5.33. The number of hydrogen-bond acceptors (Lipinski definition) is 5. The fourth-order valence-corrected chi connectivity index (χ4v) is 2.61. The number of halogens is 1. The molecule has 2 N–H and O–H groups in total. The lowest BCUT2D eigenvalue weighted by Gasteiger charge is -2.09. The summed E-state index contributed by atoms with van der Waals surface area (Å²) < 4.78 is 5.18. The first-order valence-corrected chi connectivity index (χ1v) is 8.58. The summed E-state index contributed by atoms with van der Waals surface area (Å²) >= 11 is 6.08. The van der Waals surface area contributed by atoms with Crippen LogP contribution in [-0.2, 0) is 16.0 Å². The van der Waals surface area contributed by atoms with Crippen LogP contribution in [0, 0.1) is 0 Å². The minimum Gasteiger partial charge on any atom is -0.339 e. The SMILES string of the molecule is CC(=O)Nc1ccc(NC(=O)CCCc2nc(C3CC3)no2)cc1Cl. The molecule has 25 heavy (non-hydrogen) atoms. The van der Waals surface area contributed by atoms with Crippen LogP contribution in [0.25, 0.3) is 0 Å². The lowest BCUT2D eigenvalue weighted by Crippen LogP contribution is -2.12. The second-order valence-corrected chi connectivity index (χ2v) is 6.51. The summed E-state index contributed by atoms with van der Waals surface area (Å²) in [5.41, 5.74) is 1.09. The highest BCUT2D eigenvalue weighted by Gasteiger charge is 2.28. The Labute approximate surface area is 150 Å². The van der Waals surface area contributed by atoms with Crippen LogP contribution in [-0.4, -0.2) is 22.0 Å². The summed E-state index contributed by atoms with van der Waals surface area (Å²) in [6.45, 7) is 1.41. The normalized spacial score (nSPS) is 13.5. The lowest BCUT2D eigenvalue weighted by molar-refractivity contribution is -0.116. The Balaban J connectivity index is 1.45. The zero-order valence-electron chi connectivity index (χ0n) is 13.8. The second-order valence-electron chi connectivity index (χ2n) is 6.10. The van der Waals surface area contributed by atoms with E-state index in [-0.39, 0.29) is 11.8 Å². The molecule has 2 aromatic rings. The molecule has 3 rings (SSSR count). The maximum atomic E-state index is 12.0. The molecular formula is C17H19ClN4O3. The maximum Gasteiger partial charge on any atom is 0.226 e. The van der Waals surface area contributed by atoms with Crippen molar-refractivity contribution in [3.63, 3.8) is 0 Å². The van der Waals surface area contributed by atoms with Crippen molar-refractivity contribution < 1.29 is 14.1 Å². The molecule has 1 aliphatic rings. The van der Waals surface area contributed by atoms with E-state index in [9.17, 15) is 9.59 Å². The van der Waals surface area contributed by atoms with Crippen LogP contribution in [0.15, 0.2) is 22.7 Å². The maximum absolute atomic E-state index is 12.0. The molecule has 0 bridgehead atoms. The summed E-state index contributed by atoms with van der Waals surface area (Å²) in [5.74, 6) is 1.51. The fraction of sp³-hybridized carbons (Fsp3) is 0.412. The van der Waals surface area contributed by atoms with Gasteiger partial charge in [-0.05, 0) is 37.5 Å². The summed E-state index contributed by atoms with van der Waals surface area (Å²) in [6, 6.07) is 4.94. The van der Waals surface area contributed by atoms with Crippen molar-refractivity contribution in [1.29, 1.82) is 0 Å². The molecule has 0 atom stereocenters. The van der Waals surface area contributed by atoms with Gasteiger partial charge in [-0.3, -0.25) is 9.59 Å². The third-order valence-corrected chi connectivity index (χ3v) is 4.10. The van der Waals surface area contributed by atoms with Gasteiger partial charge in [-0.2, -0.15) is 4.98 Å². The van der Waals surface area contributed by atoms with Crippen molar-refractivity contribution >= 4 is 34.8 Å². The van der Waals surface area contributed by atoms with Crippen LogP contribution in [0.1, 0.15) is 50.2 Å². The van der Waals surface area contributed by atoms with Gasteiger partial charge in [0.25, 0.3) is 0 Å². The van der Waals surface area contributed by atoms with E-state index >= 15 is 0 Å². The third-order valence-electron chi connectivity index (χ3n) is 3.78. The Bertz CT molecular complexity index is 786. The third kappa shape index (κ3) is 5.03. The first-order chi connectivity index (χ1) is 12.0. The van der Waals surface area contributed by atoms with E-state index in [2.05, 4.69) is 20.8 Å². The molecule has 0 aliphatic heterocycles. The highest BCUT2D eigenvalue weighted by molar-refractivity contribution is 6.34.